The maximum Gasteiger partial charge on any atom is -0.00464 e. The van der Waals surface area contributed by atoms with E-state index >= 15 is 0 Å². The molecule has 1 rings (SSSR count). The van der Waals surface area contributed by atoms with Gasteiger partial charge in [0.1, 0.15) is 0 Å². The largest absolute Gasteiger partial charge is 0.317 e. The minimum Gasteiger partial charge on any atom is -0.317 e. The number of nitrogens with one attached hydrogen (secondary N) is 1. The fourth-order valence-corrected chi connectivity index (χ4v) is 2.62. The van der Waals surface area contributed by atoms with Crippen molar-refractivity contribution >= 4 is 0 Å². The molecule has 84 valence electrons. The highest BCUT2D eigenvalue weighted by Gasteiger charge is 2.18. The van der Waals surface area contributed by atoms with Gasteiger partial charge in [0.05, 0.1) is 0 Å². The van der Waals surface area contributed by atoms with Gasteiger partial charge in [-0.1, -0.05) is 52.4 Å². The van der Waals surface area contributed by atoms with E-state index in [1.54, 1.807) is 0 Å². The van der Waals surface area contributed by atoms with Gasteiger partial charge in [0.2, 0.25) is 0 Å². The molecule has 0 aromatic carbocycles. The molecule has 14 heavy (non-hydrogen) atoms. The van der Waals surface area contributed by atoms with Crippen LogP contribution in [-0.4, -0.2) is 13.1 Å². The molecular formula is C13H27N. The molecule has 1 fully saturated rings. The molecule has 0 amide bonds. The summed E-state index contributed by atoms with van der Waals surface area (Å²) in [5.41, 5.74) is 0. The lowest BCUT2D eigenvalue weighted by Gasteiger charge is -2.22. The fourth-order valence-electron chi connectivity index (χ4n) is 2.62. The molecule has 0 bridgehead atoms. The van der Waals surface area contributed by atoms with E-state index in [2.05, 4.69) is 19.2 Å². The molecule has 1 saturated carbocycles. The summed E-state index contributed by atoms with van der Waals surface area (Å²) in [5.74, 6) is 1.96. The number of hydrogen-bond donors (Lipinski definition) is 1. The van der Waals surface area contributed by atoms with E-state index in [0.717, 1.165) is 18.4 Å². The van der Waals surface area contributed by atoms with Crippen LogP contribution in [0.5, 0.6) is 0 Å². The second kappa shape index (κ2) is 7.28. The van der Waals surface area contributed by atoms with Crippen molar-refractivity contribution in [2.45, 2.75) is 58.8 Å². The molecule has 0 saturated heterocycles. The Hall–Kier alpha value is -0.0400. The van der Waals surface area contributed by atoms with E-state index in [1.807, 2.05) is 0 Å². The van der Waals surface area contributed by atoms with Gasteiger partial charge in [0.15, 0.2) is 0 Å². The smallest absolute Gasteiger partial charge is 0.00464 e. The van der Waals surface area contributed by atoms with Crippen LogP contribution in [0.2, 0.25) is 0 Å². The van der Waals surface area contributed by atoms with Crippen molar-refractivity contribution in [3.63, 3.8) is 0 Å². The Bertz CT molecular complexity index is 125. The van der Waals surface area contributed by atoms with E-state index in [9.17, 15) is 0 Å². The van der Waals surface area contributed by atoms with Crippen LogP contribution in [0.1, 0.15) is 58.8 Å². The predicted octanol–water partition coefficient (Wildman–Crippen LogP) is 3.59. The van der Waals surface area contributed by atoms with Crippen LogP contribution < -0.4 is 5.32 Å². The highest BCUT2D eigenvalue weighted by molar-refractivity contribution is 4.70. The Morgan fingerprint density at radius 3 is 2.36 bits per heavy atom. The Labute approximate surface area is 89.7 Å². The molecule has 1 aliphatic rings. The summed E-state index contributed by atoms with van der Waals surface area (Å²) in [6, 6.07) is 0. The lowest BCUT2D eigenvalue weighted by molar-refractivity contribution is 0.300. The first-order chi connectivity index (χ1) is 6.84. The first-order valence-corrected chi connectivity index (χ1v) is 6.55. The lowest BCUT2D eigenvalue weighted by atomic mass is 9.85. The fraction of sp³-hybridized carbons (Fsp3) is 1.00. The first kappa shape index (κ1) is 12.0. The van der Waals surface area contributed by atoms with Crippen LogP contribution in [-0.2, 0) is 0 Å². The van der Waals surface area contributed by atoms with Crippen molar-refractivity contribution in [2.24, 2.45) is 11.8 Å². The summed E-state index contributed by atoms with van der Waals surface area (Å²) in [6.07, 6.45) is 10.3. The van der Waals surface area contributed by atoms with Crippen LogP contribution in [0.4, 0.5) is 0 Å². The standard InChI is InChI=1S/C13H27N/c1-3-14-11-10-12(2)13-8-6-4-5-7-9-13/h12-14H,3-11H2,1-2H3. The molecule has 1 N–H and O–H groups in total. The van der Waals surface area contributed by atoms with Gasteiger partial charge in [-0.25, -0.2) is 0 Å². The molecule has 1 atom stereocenters. The van der Waals surface area contributed by atoms with Crippen LogP contribution >= 0.6 is 0 Å². The summed E-state index contributed by atoms with van der Waals surface area (Å²) >= 11 is 0. The second-order valence-corrected chi connectivity index (χ2v) is 4.87. The zero-order valence-corrected chi connectivity index (χ0v) is 10.0. The molecule has 0 aromatic rings. The van der Waals surface area contributed by atoms with Crippen LogP contribution in [0.25, 0.3) is 0 Å². The van der Waals surface area contributed by atoms with Crippen molar-refractivity contribution in [2.75, 3.05) is 13.1 Å². The van der Waals surface area contributed by atoms with Gasteiger partial charge in [0.25, 0.3) is 0 Å². The average Bonchev–Trinajstić information content (AvgIpc) is 2.46. The van der Waals surface area contributed by atoms with E-state index in [1.165, 1.54) is 51.5 Å². The van der Waals surface area contributed by atoms with E-state index < -0.39 is 0 Å². The van der Waals surface area contributed by atoms with Gasteiger partial charge in [-0.15, -0.1) is 0 Å². The predicted molar refractivity (Wildman–Crippen MR) is 63.5 cm³/mol. The average molecular weight is 197 g/mol. The van der Waals surface area contributed by atoms with Gasteiger partial charge in [-0.05, 0) is 31.3 Å². The van der Waals surface area contributed by atoms with Crippen LogP contribution in [0.3, 0.4) is 0 Å². The van der Waals surface area contributed by atoms with Gasteiger partial charge in [-0.3, -0.25) is 0 Å². The maximum atomic E-state index is 3.43. The zero-order chi connectivity index (χ0) is 10.2. The molecular weight excluding hydrogens is 170 g/mol. The third kappa shape index (κ3) is 4.45. The third-order valence-electron chi connectivity index (χ3n) is 3.73. The third-order valence-corrected chi connectivity index (χ3v) is 3.73. The lowest BCUT2D eigenvalue weighted by Crippen LogP contribution is -2.20. The Balaban J connectivity index is 2.16. The van der Waals surface area contributed by atoms with Gasteiger partial charge < -0.3 is 5.32 Å². The molecule has 1 heteroatoms. The topological polar surface area (TPSA) is 12.0 Å². The van der Waals surface area contributed by atoms with Crippen molar-refractivity contribution in [1.82, 2.24) is 5.32 Å². The highest BCUT2D eigenvalue weighted by Crippen LogP contribution is 2.30. The Morgan fingerprint density at radius 1 is 1.14 bits per heavy atom. The SMILES string of the molecule is CCNCCC(C)C1CCCCCC1. The summed E-state index contributed by atoms with van der Waals surface area (Å²) < 4.78 is 0. The van der Waals surface area contributed by atoms with Gasteiger partial charge in [-0.2, -0.15) is 0 Å². The quantitative estimate of drug-likeness (QED) is 0.524. The molecule has 0 aromatic heterocycles. The van der Waals surface area contributed by atoms with Crippen molar-refractivity contribution in [3.8, 4) is 0 Å². The number of rotatable bonds is 5. The molecule has 0 spiro atoms. The van der Waals surface area contributed by atoms with Gasteiger partial charge in [0, 0.05) is 0 Å². The Morgan fingerprint density at radius 2 is 1.79 bits per heavy atom. The van der Waals surface area contributed by atoms with Crippen LogP contribution in [0, 0.1) is 11.8 Å². The molecule has 1 aliphatic carbocycles. The minimum absolute atomic E-state index is 0.937. The van der Waals surface area contributed by atoms with Gasteiger partial charge >= 0.3 is 0 Å². The molecule has 1 unspecified atom stereocenters. The van der Waals surface area contributed by atoms with E-state index in [4.69, 9.17) is 0 Å². The van der Waals surface area contributed by atoms with E-state index in [0.29, 0.717) is 0 Å². The zero-order valence-electron chi connectivity index (χ0n) is 10.0. The molecule has 0 heterocycles. The highest BCUT2D eigenvalue weighted by atomic mass is 14.8. The Kier molecular flexibility index (Phi) is 6.25. The summed E-state index contributed by atoms with van der Waals surface area (Å²) in [4.78, 5) is 0. The summed E-state index contributed by atoms with van der Waals surface area (Å²) in [6.45, 7) is 6.98. The van der Waals surface area contributed by atoms with Crippen molar-refractivity contribution in [1.29, 1.82) is 0 Å². The first-order valence-electron chi connectivity index (χ1n) is 6.55. The monoisotopic (exact) mass is 197 g/mol. The number of hydrogen-bond acceptors (Lipinski definition) is 1. The van der Waals surface area contributed by atoms with Crippen molar-refractivity contribution in [3.05, 3.63) is 0 Å². The van der Waals surface area contributed by atoms with E-state index in [-0.39, 0.29) is 0 Å². The molecule has 0 aliphatic heterocycles. The van der Waals surface area contributed by atoms with Crippen molar-refractivity contribution < 1.29 is 0 Å². The molecule has 1 nitrogen and oxygen atoms in total. The molecule has 0 radical (unpaired) electrons. The summed E-state index contributed by atoms with van der Waals surface area (Å²) in [7, 11) is 0. The normalized spacial score (nSPS) is 21.9. The maximum absolute atomic E-state index is 3.43. The summed E-state index contributed by atoms with van der Waals surface area (Å²) in [5, 5.41) is 3.43. The second-order valence-electron chi connectivity index (χ2n) is 4.87. The van der Waals surface area contributed by atoms with Crippen LogP contribution in [0.15, 0.2) is 0 Å². The minimum atomic E-state index is 0.937.